The fourth-order valence-electron chi connectivity index (χ4n) is 3.01. The largest absolute Gasteiger partial charge is 0.486 e. The first-order valence-corrected chi connectivity index (χ1v) is 9.65. The number of piperidine rings is 1. The molecule has 1 heterocycles. The van der Waals surface area contributed by atoms with Gasteiger partial charge in [0, 0.05) is 24.2 Å². The molecule has 6 heteroatoms. The molecule has 0 unspecified atom stereocenters. The topological polar surface area (TPSA) is 36.3 Å². The van der Waals surface area contributed by atoms with Crippen molar-refractivity contribution in [3.63, 3.8) is 0 Å². The highest BCUT2D eigenvalue weighted by molar-refractivity contribution is 7.80. The molecular weight excluding hydrogens is 387 g/mol. The molecule has 0 aliphatic carbocycles. The summed E-state index contributed by atoms with van der Waals surface area (Å²) in [6.45, 7) is 2.16. The molecule has 1 fully saturated rings. The molecule has 0 bridgehead atoms. The monoisotopic (exact) mass is 404 g/mol. The first kappa shape index (κ1) is 19.0. The van der Waals surface area contributed by atoms with Crippen molar-refractivity contribution in [2.45, 2.75) is 25.9 Å². The maximum Gasteiger partial charge on any atom is 0.157 e. The minimum Gasteiger partial charge on any atom is -0.486 e. The molecule has 3 nitrogen and oxygen atoms in total. The lowest BCUT2D eigenvalue weighted by Crippen LogP contribution is -2.34. The molecule has 0 radical (unpaired) electrons. The summed E-state index contributed by atoms with van der Waals surface area (Å²) in [5.74, 6) is 0.409. The number of nitrogens with zero attached hydrogens (tertiary/aromatic N) is 2. The zero-order valence-electron chi connectivity index (χ0n) is 14.2. The highest BCUT2D eigenvalue weighted by Crippen LogP contribution is 2.35. The minimum absolute atomic E-state index is 0.221. The summed E-state index contributed by atoms with van der Waals surface area (Å²) in [6, 6.07) is 13.0. The number of benzene rings is 2. The molecule has 2 aromatic carbocycles. The Morgan fingerprint density at radius 3 is 2.42 bits per heavy atom. The van der Waals surface area contributed by atoms with Crippen molar-refractivity contribution in [1.29, 1.82) is 5.26 Å². The lowest BCUT2D eigenvalue weighted by atomic mass is 10.1. The molecule has 134 valence electrons. The van der Waals surface area contributed by atoms with Gasteiger partial charge in [-0.3, -0.25) is 0 Å². The van der Waals surface area contributed by atoms with Crippen LogP contribution in [0, 0.1) is 11.3 Å². The number of thiocarbonyl (C=S) groups is 1. The number of likely N-dealkylation sites (tertiary alicyclic amines) is 1. The summed E-state index contributed by atoms with van der Waals surface area (Å²) in [7, 11) is 0. The van der Waals surface area contributed by atoms with Gasteiger partial charge in [-0.2, -0.15) is 5.26 Å². The van der Waals surface area contributed by atoms with Crippen molar-refractivity contribution in [3.05, 3.63) is 63.1 Å². The molecular formula is C20H18Cl2N2OS. The van der Waals surface area contributed by atoms with Gasteiger partial charge in [-0.1, -0.05) is 53.6 Å². The number of halogens is 2. The van der Waals surface area contributed by atoms with Crippen LogP contribution in [0.25, 0.3) is 0 Å². The summed E-state index contributed by atoms with van der Waals surface area (Å²) in [5.41, 5.74) is 2.19. The molecule has 26 heavy (non-hydrogen) atoms. The Morgan fingerprint density at radius 1 is 1.12 bits per heavy atom. The average molecular weight is 405 g/mol. The van der Waals surface area contributed by atoms with Crippen molar-refractivity contribution in [2.75, 3.05) is 13.1 Å². The smallest absolute Gasteiger partial charge is 0.157 e. The molecule has 3 rings (SSSR count). The van der Waals surface area contributed by atoms with Crippen LogP contribution in [-0.2, 0) is 6.61 Å². The van der Waals surface area contributed by atoms with E-state index in [1.165, 1.54) is 6.42 Å². The van der Waals surface area contributed by atoms with Crippen LogP contribution in [0.5, 0.6) is 5.75 Å². The third-order valence-electron chi connectivity index (χ3n) is 4.40. The zero-order valence-corrected chi connectivity index (χ0v) is 16.5. The SMILES string of the molecule is N#Cc1ccccc1COc1c(Cl)cc(C(=S)N2CCCCC2)cc1Cl. The zero-order chi connectivity index (χ0) is 18.5. The molecule has 0 atom stereocenters. The first-order valence-electron chi connectivity index (χ1n) is 8.49. The maximum absolute atomic E-state index is 9.17. The molecule has 2 aromatic rings. The van der Waals surface area contributed by atoms with Gasteiger partial charge in [0.15, 0.2) is 5.75 Å². The predicted molar refractivity (Wildman–Crippen MR) is 109 cm³/mol. The van der Waals surface area contributed by atoms with Crippen molar-refractivity contribution in [3.8, 4) is 11.8 Å². The van der Waals surface area contributed by atoms with Gasteiger partial charge in [-0.25, -0.2) is 0 Å². The Hall–Kier alpha value is -1.80. The lowest BCUT2D eigenvalue weighted by molar-refractivity contribution is 0.306. The first-order chi connectivity index (χ1) is 12.6. The maximum atomic E-state index is 9.17. The summed E-state index contributed by atoms with van der Waals surface area (Å²) in [4.78, 5) is 2.97. The van der Waals surface area contributed by atoms with E-state index < -0.39 is 0 Å². The van der Waals surface area contributed by atoms with E-state index >= 15 is 0 Å². The minimum atomic E-state index is 0.221. The summed E-state index contributed by atoms with van der Waals surface area (Å²) in [6.07, 6.45) is 3.56. The van der Waals surface area contributed by atoms with Gasteiger partial charge in [0.05, 0.1) is 21.7 Å². The second-order valence-electron chi connectivity index (χ2n) is 6.18. The van der Waals surface area contributed by atoms with Gasteiger partial charge in [0.1, 0.15) is 11.6 Å². The number of hydrogen-bond acceptors (Lipinski definition) is 3. The van der Waals surface area contributed by atoms with Crippen molar-refractivity contribution < 1.29 is 4.74 Å². The summed E-state index contributed by atoms with van der Waals surface area (Å²) in [5, 5.41) is 10.0. The van der Waals surface area contributed by atoms with Gasteiger partial charge in [0.2, 0.25) is 0 Å². The Balaban J connectivity index is 1.77. The fraction of sp³-hybridized carbons (Fsp3) is 0.300. The van der Waals surface area contributed by atoms with Crippen molar-refractivity contribution >= 4 is 40.4 Å². The second kappa shape index (κ2) is 8.73. The average Bonchev–Trinajstić information content (AvgIpc) is 2.67. The molecule has 1 aliphatic heterocycles. The molecule has 0 saturated carbocycles. The molecule has 0 spiro atoms. The Kier molecular flexibility index (Phi) is 6.37. The van der Waals surface area contributed by atoms with E-state index in [-0.39, 0.29) is 6.61 Å². The van der Waals surface area contributed by atoms with Gasteiger partial charge >= 0.3 is 0 Å². The molecule has 0 N–H and O–H groups in total. The van der Waals surface area contributed by atoms with Crippen LogP contribution in [0.3, 0.4) is 0 Å². The predicted octanol–water partition coefficient (Wildman–Crippen LogP) is 5.61. The van der Waals surface area contributed by atoms with Crippen molar-refractivity contribution in [2.24, 2.45) is 0 Å². The van der Waals surface area contributed by atoms with Gasteiger partial charge in [-0.05, 0) is 37.5 Å². The van der Waals surface area contributed by atoms with Gasteiger partial charge in [-0.15, -0.1) is 0 Å². The van der Waals surface area contributed by atoms with Gasteiger partial charge < -0.3 is 9.64 Å². The lowest BCUT2D eigenvalue weighted by Gasteiger charge is -2.29. The van der Waals surface area contributed by atoms with Crippen LogP contribution in [0.4, 0.5) is 0 Å². The number of ether oxygens (including phenoxy) is 1. The van der Waals surface area contributed by atoms with Crippen LogP contribution in [0.2, 0.25) is 10.0 Å². The van der Waals surface area contributed by atoms with E-state index in [4.69, 9.17) is 45.4 Å². The molecule has 1 aliphatic rings. The molecule has 0 aromatic heterocycles. The van der Waals surface area contributed by atoms with Crippen LogP contribution < -0.4 is 4.74 Å². The standard InChI is InChI=1S/C20H18Cl2N2OS/c21-17-10-16(20(26)24-8-4-1-5-9-24)11-18(22)19(17)25-13-15-7-3-2-6-14(15)12-23/h2-3,6-7,10-11H,1,4-5,8-9,13H2. The van der Waals surface area contributed by atoms with E-state index in [0.29, 0.717) is 21.4 Å². The Labute approximate surface area is 169 Å². The number of rotatable bonds is 4. The number of nitriles is 1. The molecule has 0 amide bonds. The Bertz CT molecular complexity index is 834. The molecule has 1 saturated heterocycles. The highest BCUT2D eigenvalue weighted by Gasteiger charge is 2.18. The fourth-order valence-corrected chi connectivity index (χ4v) is 3.90. The van der Waals surface area contributed by atoms with E-state index in [9.17, 15) is 0 Å². The third kappa shape index (κ3) is 4.29. The van der Waals surface area contributed by atoms with E-state index in [0.717, 1.165) is 42.0 Å². The van der Waals surface area contributed by atoms with Crippen LogP contribution >= 0.6 is 35.4 Å². The quantitative estimate of drug-likeness (QED) is 0.620. The highest BCUT2D eigenvalue weighted by atomic mass is 35.5. The van der Waals surface area contributed by atoms with Crippen LogP contribution in [-0.4, -0.2) is 23.0 Å². The van der Waals surface area contributed by atoms with Crippen LogP contribution in [0.1, 0.15) is 36.0 Å². The Morgan fingerprint density at radius 2 is 1.77 bits per heavy atom. The van der Waals surface area contributed by atoms with E-state index in [2.05, 4.69) is 11.0 Å². The summed E-state index contributed by atoms with van der Waals surface area (Å²) >= 11 is 18.4. The van der Waals surface area contributed by atoms with Gasteiger partial charge in [0.25, 0.3) is 0 Å². The van der Waals surface area contributed by atoms with E-state index in [1.807, 2.05) is 18.2 Å². The number of hydrogen-bond donors (Lipinski definition) is 0. The van der Waals surface area contributed by atoms with Crippen molar-refractivity contribution in [1.82, 2.24) is 4.90 Å². The normalized spacial score (nSPS) is 14.0. The summed E-state index contributed by atoms with van der Waals surface area (Å²) < 4.78 is 5.80. The second-order valence-corrected chi connectivity index (χ2v) is 7.38. The van der Waals surface area contributed by atoms with E-state index in [1.54, 1.807) is 18.2 Å². The third-order valence-corrected chi connectivity index (χ3v) is 5.45. The van der Waals surface area contributed by atoms with Crippen LogP contribution in [0.15, 0.2) is 36.4 Å².